The third-order valence-electron chi connectivity index (χ3n) is 4.22. The molecule has 1 aromatic rings. The smallest absolute Gasteiger partial charge is 0.0702 e. The van der Waals surface area contributed by atoms with Crippen molar-refractivity contribution < 1.29 is 4.74 Å². The fourth-order valence-electron chi connectivity index (χ4n) is 3.30. The van der Waals surface area contributed by atoms with Crippen LogP contribution in [0.2, 0.25) is 0 Å². The third kappa shape index (κ3) is 2.72. The fourth-order valence-corrected chi connectivity index (χ4v) is 3.56. The van der Waals surface area contributed by atoms with Crippen LogP contribution in [0.3, 0.4) is 0 Å². The zero-order valence-corrected chi connectivity index (χ0v) is 12.2. The third-order valence-corrected chi connectivity index (χ3v) is 4.75. The number of anilines is 1. The Bertz CT molecular complexity index is 397. The number of halogens is 1. The van der Waals surface area contributed by atoms with E-state index in [1.54, 1.807) is 0 Å². The van der Waals surface area contributed by atoms with E-state index in [9.17, 15) is 0 Å². The second-order valence-electron chi connectivity index (χ2n) is 5.58. The molecule has 2 fully saturated rings. The lowest BCUT2D eigenvalue weighted by atomic mass is 9.89. The molecule has 1 saturated heterocycles. The van der Waals surface area contributed by atoms with Crippen LogP contribution in [0.15, 0.2) is 28.7 Å². The lowest BCUT2D eigenvalue weighted by Gasteiger charge is -2.39. The second-order valence-corrected chi connectivity index (χ2v) is 6.50. The van der Waals surface area contributed by atoms with Gasteiger partial charge in [-0.2, -0.15) is 0 Å². The first kappa shape index (κ1) is 12.5. The van der Waals surface area contributed by atoms with Crippen LogP contribution < -0.4 is 5.32 Å². The minimum absolute atomic E-state index is 0.200. The first-order chi connectivity index (χ1) is 8.76. The summed E-state index contributed by atoms with van der Waals surface area (Å²) >= 11 is 3.47. The number of hydrogen-bond acceptors (Lipinski definition) is 2. The van der Waals surface area contributed by atoms with Gasteiger partial charge < -0.3 is 10.1 Å². The van der Waals surface area contributed by atoms with Crippen LogP contribution in [0.1, 0.15) is 38.5 Å². The SMILES string of the molecule is Brc1ccc(NC2CCOC3(CCCC3)C2)cc1. The van der Waals surface area contributed by atoms with Crippen molar-refractivity contribution in [2.45, 2.75) is 50.2 Å². The van der Waals surface area contributed by atoms with Gasteiger partial charge in [-0.05, 0) is 49.9 Å². The molecule has 1 spiro atoms. The molecule has 0 amide bonds. The zero-order chi connectivity index (χ0) is 12.4. The summed E-state index contributed by atoms with van der Waals surface area (Å²) in [4.78, 5) is 0. The van der Waals surface area contributed by atoms with E-state index in [4.69, 9.17) is 4.74 Å². The Kier molecular flexibility index (Phi) is 3.62. The van der Waals surface area contributed by atoms with Crippen LogP contribution >= 0.6 is 15.9 Å². The number of nitrogens with one attached hydrogen (secondary N) is 1. The van der Waals surface area contributed by atoms with Crippen molar-refractivity contribution >= 4 is 21.6 Å². The summed E-state index contributed by atoms with van der Waals surface area (Å²) in [5.41, 5.74) is 1.42. The Labute approximate surface area is 117 Å². The molecule has 3 rings (SSSR count). The predicted molar refractivity (Wildman–Crippen MR) is 77.9 cm³/mol. The van der Waals surface area contributed by atoms with Gasteiger partial charge >= 0.3 is 0 Å². The molecule has 1 heterocycles. The van der Waals surface area contributed by atoms with Gasteiger partial charge in [-0.15, -0.1) is 0 Å². The van der Waals surface area contributed by atoms with Crippen molar-refractivity contribution in [1.29, 1.82) is 0 Å². The van der Waals surface area contributed by atoms with Crippen molar-refractivity contribution in [2.24, 2.45) is 0 Å². The molecule has 1 aromatic carbocycles. The van der Waals surface area contributed by atoms with Gasteiger partial charge in [0.2, 0.25) is 0 Å². The first-order valence-electron chi connectivity index (χ1n) is 6.92. The molecule has 1 N–H and O–H groups in total. The number of hydrogen-bond donors (Lipinski definition) is 1. The summed E-state index contributed by atoms with van der Waals surface area (Å²) in [5.74, 6) is 0. The van der Waals surface area contributed by atoms with Crippen LogP contribution in [0.5, 0.6) is 0 Å². The van der Waals surface area contributed by atoms with Gasteiger partial charge in [-0.3, -0.25) is 0 Å². The molecule has 2 aliphatic rings. The highest BCUT2D eigenvalue weighted by atomic mass is 79.9. The van der Waals surface area contributed by atoms with Crippen LogP contribution in [0, 0.1) is 0 Å². The van der Waals surface area contributed by atoms with E-state index in [2.05, 4.69) is 45.5 Å². The summed E-state index contributed by atoms with van der Waals surface area (Å²) in [7, 11) is 0. The lowest BCUT2D eigenvalue weighted by molar-refractivity contribution is -0.0767. The van der Waals surface area contributed by atoms with Gasteiger partial charge in [0.25, 0.3) is 0 Å². The summed E-state index contributed by atoms with van der Waals surface area (Å²) in [6.45, 7) is 0.911. The van der Waals surface area contributed by atoms with Gasteiger partial charge in [0.1, 0.15) is 0 Å². The van der Waals surface area contributed by atoms with Gasteiger partial charge in [-0.1, -0.05) is 28.8 Å². The van der Waals surface area contributed by atoms with Crippen molar-refractivity contribution in [3.8, 4) is 0 Å². The number of benzene rings is 1. The molecule has 2 nitrogen and oxygen atoms in total. The molecule has 18 heavy (non-hydrogen) atoms. The molecule has 0 aromatic heterocycles. The van der Waals surface area contributed by atoms with Gasteiger partial charge in [0.05, 0.1) is 5.60 Å². The van der Waals surface area contributed by atoms with Gasteiger partial charge in [0.15, 0.2) is 0 Å². The Morgan fingerprint density at radius 3 is 2.61 bits per heavy atom. The van der Waals surface area contributed by atoms with E-state index in [0.717, 1.165) is 17.5 Å². The molecule has 0 radical (unpaired) electrons. The maximum atomic E-state index is 6.07. The molecule has 1 saturated carbocycles. The largest absolute Gasteiger partial charge is 0.382 e. The van der Waals surface area contributed by atoms with Crippen LogP contribution in [-0.2, 0) is 4.74 Å². The van der Waals surface area contributed by atoms with E-state index in [1.807, 2.05) is 0 Å². The molecule has 1 aliphatic heterocycles. The zero-order valence-electron chi connectivity index (χ0n) is 10.6. The number of ether oxygens (including phenoxy) is 1. The quantitative estimate of drug-likeness (QED) is 0.876. The Balaban J connectivity index is 1.64. The highest BCUT2D eigenvalue weighted by molar-refractivity contribution is 9.10. The van der Waals surface area contributed by atoms with E-state index >= 15 is 0 Å². The van der Waals surface area contributed by atoms with Crippen LogP contribution in [0.25, 0.3) is 0 Å². The Hall–Kier alpha value is -0.540. The molecule has 1 atom stereocenters. The molecular weight excluding hydrogens is 290 g/mol. The van der Waals surface area contributed by atoms with Crippen molar-refractivity contribution in [3.63, 3.8) is 0 Å². The normalized spacial score (nSPS) is 26.4. The van der Waals surface area contributed by atoms with E-state index in [0.29, 0.717) is 6.04 Å². The molecule has 0 bridgehead atoms. The topological polar surface area (TPSA) is 21.3 Å². The minimum atomic E-state index is 0.200. The van der Waals surface area contributed by atoms with E-state index in [1.165, 1.54) is 37.8 Å². The summed E-state index contributed by atoms with van der Waals surface area (Å²) < 4.78 is 7.20. The van der Waals surface area contributed by atoms with E-state index < -0.39 is 0 Å². The molecule has 98 valence electrons. The van der Waals surface area contributed by atoms with Crippen molar-refractivity contribution in [2.75, 3.05) is 11.9 Å². The molecular formula is C15H20BrNO. The maximum absolute atomic E-state index is 6.07. The first-order valence-corrected chi connectivity index (χ1v) is 7.71. The molecule has 1 aliphatic carbocycles. The Morgan fingerprint density at radius 2 is 1.89 bits per heavy atom. The predicted octanol–water partition coefficient (Wildman–Crippen LogP) is 4.35. The molecule has 3 heteroatoms. The lowest BCUT2D eigenvalue weighted by Crippen LogP contribution is -2.42. The van der Waals surface area contributed by atoms with Crippen LogP contribution in [0.4, 0.5) is 5.69 Å². The minimum Gasteiger partial charge on any atom is -0.382 e. The monoisotopic (exact) mass is 309 g/mol. The molecule has 1 unspecified atom stereocenters. The fraction of sp³-hybridized carbons (Fsp3) is 0.600. The highest BCUT2D eigenvalue weighted by Crippen LogP contribution is 2.40. The van der Waals surface area contributed by atoms with Gasteiger partial charge in [-0.25, -0.2) is 0 Å². The highest BCUT2D eigenvalue weighted by Gasteiger charge is 2.39. The summed E-state index contributed by atoms with van der Waals surface area (Å²) in [6.07, 6.45) is 7.48. The van der Waals surface area contributed by atoms with Crippen molar-refractivity contribution in [3.05, 3.63) is 28.7 Å². The van der Waals surface area contributed by atoms with Gasteiger partial charge in [0, 0.05) is 22.8 Å². The Morgan fingerprint density at radius 1 is 1.17 bits per heavy atom. The average Bonchev–Trinajstić information content (AvgIpc) is 2.80. The average molecular weight is 310 g/mol. The number of rotatable bonds is 2. The second kappa shape index (κ2) is 5.22. The summed E-state index contributed by atoms with van der Waals surface area (Å²) in [5, 5.41) is 3.66. The standard InChI is InChI=1S/C15H20BrNO/c16-12-3-5-13(6-4-12)17-14-7-10-18-15(11-14)8-1-2-9-15/h3-6,14,17H,1-2,7-11H2. The van der Waals surface area contributed by atoms with Crippen molar-refractivity contribution in [1.82, 2.24) is 0 Å². The van der Waals surface area contributed by atoms with Crippen LogP contribution in [-0.4, -0.2) is 18.2 Å². The summed E-state index contributed by atoms with van der Waals surface area (Å²) in [6, 6.07) is 9.03. The maximum Gasteiger partial charge on any atom is 0.0702 e. The van der Waals surface area contributed by atoms with E-state index in [-0.39, 0.29) is 5.60 Å².